The first-order valence-electron chi connectivity index (χ1n) is 5.69. The van der Waals surface area contributed by atoms with Crippen LogP contribution in [0.15, 0.2) is 18.2 Å². The number of benzene rings is 1. The van der Waals surface area contributed by atoms with E-state index in [9.17, 15) is 0 Å². The molecule has 0 aromatic heterocycles. The van der Waals surface area contributed by atoms with Crippen molar-refractivity contribution in [1.82, 2.24) is 5.32 Å². The summed E-state index contributed by atoms with van der Waals surface area (Å²) in [6.07, 6.45) is 2.22. The monoisotopic (exact) mass is 205 g/mol. The maximum Gasteiger partial charge on any atom is 0.122 e. The van der Waals surface area contributed by atoms with E-state index in [4.69, 9.17) is 4.74 Å². The number of fused-ring (bicyclic) bond motifs is 1. The summed E-state index contributed by atoms with van der Waals surface area (Å²) in [6, 6.07) is 6.61. The Hall–Kier alpha value is -1.02. The highest BCUT2D eigenvalue weighted by Gasteiger charge is 2.12. The van der Waals surface area contributed by atoms with Gasteiger partial charge >= 0.3 is 0 Å². The van der Waals surface area contributed by atoms with Crippen LogP contribution in [0.2, 0.25) is 0 Å². The summed E-state index contributed by atoms with van der Waals surface area (Å²) in [7, 11) is 2.01. The summed E-state index contributed by atoms with van der Waals surface area (Å²) < 4.78 is 5.49. The molecule has 1 aliphatic heterocycles. The van der Waals surface area contributed by atoms with Gasteiger partial charge < -0.3 is 10.1 Å². The van der Waals surface area contributed by atoms with E-state index in [0.717, 1.165) is 31.7 Å². The molecule has 0 saturated heterocycles. The molecule has 0 aliphatic carbocycles. The summed E-state index contributed by atoms with van der Waals surface area (Å²) >= 11 is 0. The molecule has 2 rings (SSSR count). The van der Waals surface area contributed by atoms with E-state index in [1.165, 1.54) is 11.1 Å². The van der Waals surface area contributed by atoms with Crippen molar-refractivity contribution in [3.63, 3.8) is 0 Å². The van der Waals surface area contributed by atoms with Crippen molar-refractivity contribution in [3.05, 3.63) is 29.3 Å². The minimum absolute atomic E-state index is 0.690. The van der Waals surface area contributed by atoms with Crippen molar-refractivity contribution in [2.75, 3.05) is 20.2 Å². The Labute approximate surface area is 91.6 Å². The second kappa shape index (κ2) is 4.67. The number of nitrogens with one attached hydrogen (secondary N) is 1. The fraction of sp³-hybridized carbons (Fsp3) is 0.538. The fourth-order valence-corrected chi connectivity index (χ4v) is 2.19. The van der Waals surface area contributed by atoms with Crippen LogP contribution in [0.4, 0.5) is 0 Å². The largest absolute Gasteiger partial charge is 0.493 e. The average molecular weight is 205 g/mol. The van der Waals surface area contributed by atoms with E-state index in [2.05, 4.69) is 30.4 Å². The van der Waals surface area contributed by atoms with Crippen molar-refractivity contribution in [1.29, 1.82) is 0 Å². The first kappa shape index (κ1) is 10.5. The third-order valence-corrected chi connectivity index (χ3v) is 2.89. The summed E-state index contributed by atoms with van der Waals surface area (Å²) in [6.45, 7) is 4.21. The lowest BCUT2D eigenvalue weighted by atomic mass is 9.99. The van der Waals surface area contributed by atoms with E-state index in [1.807, 2.05) is 7.05 Å². The van der Waals surface area contributed by atoms with Gasteiger partial charge in [-0.05, 0) is 43.1 Å². The quantitative estimate of drug-likeness (QED) is 0.812. The van der Waals surface area contributed by atoms with Crippen LogP contribution in [-0.2, 0) is 12.8 Å². The Morgan fingerprint density at radius 3 is 3.13 bits per heavy atom. The van der Waals surface area contributed by atoms with Gasteiger partial charge in [0.2, 0.25) is 0 Å². The Bertz CT molecular complexity index is 335. The van der Waals surface area contributed by atoms with E-state index in [0.29, 0.717) is 5.92 Å². The lowest BCUT2D eigenvalue weighted by molar-refractivity contribution is 0.357. The zero-order valence-corrected chi connectivity index (χ0v) is 9.55. The SMILES string of the molecule is CNCC(C)Cc1ccc2c(c1)CCO2. The maximum atomic E-state index is 5.49. The molecule has 1 unspecified atom stereocenters. The van der Waals surface area contributed by atoms with Crippen molar-refractivity contribution >= 4 is 0 Å². The minimum Gasteiger partial charge on any atom is -0.493 e. The van der Waals surface area contributed by atoms with E-state index in [1.54, 1.807) is 0 Å². The zero-order valence-electron chi connectivity index (χ0n) is 9.55. The topological polar surface area (TPSA) is 21.3 Å². The van der Waals surface area contributed by atoms with Gasteiger partial charge in [0, 0.05) is 6.42 Å². The van der Waals surface area contributed by atoms with Gasteiger partial charge in [0.15, 0.2) is 0 Å². The van der Waals surface area contributed by atoms with Crippen molar-refractivity contribution in [3.8, 4) is 5.75 Å². The van der Waals surface area contributed by atoms with E-state index >= 15 is 0 Å². The molecule has 0 amide bonds. The van der Waals surface area contributed by atoms with Gasteiger partial charge in [-0.2, -0.15) is 0 Å². The molecule has 15 heavy (non-hydrogen) atoms. The molecule has 0 fully saturated rings. The average Bonchev–Trinajstić information content (AvgIpc) is 2.65. The first-order valence-corrected chi connectivity index (χ1v) is 5.69. The van der Waals surface area contributed by atoms with Gasteiger partial charge in [-0.15, -0.1) is 0 Å². The molecule has 0 radical (unpaired) electrons. The molecule has 1 aromatic carbocycles. The number of ether oxygens (including phenoxy) is 1. The summed E-state index contributed by atoms with van der Waals surface area (Å²) in [5.41, 5.74) is 2.81. The molecule has 1 heterocycles. The molecule has 2 nitrogen and oxygen atoms in total. The Morgan fingerprint density at radius 2 is 2.33 bits per heavy atom. The van der Waals surface area contributed by atoms with Crippen molar-refractivity contribution < 1.29 is 4.74 Å². The molecule has 1 atom stereocenters. The molecule has 1 aliphatic rings. The maximum absolute atomic E-state index is 5.49. The van der Waals surface area contributed by atoms with Crippen LogP contribution in [0.5, 0.6) is 5.75 Å². The molecule has 0 spiro atoms. The molecular weight excluding hydrogens is 186 g/mol. The lowest BCUT2D eigenvalue weighted by Gasteiger charge is -2.11. The molecule has 0 saturated carbocycles. The van der Waals surface area contributed by atoms with Crippen LogP contribution in [0, 0.1) is 5.92 Å². The van der Waals surface area contributed by atoms with Gasteiger partial charge in [0.05, 0.1) is 6.61 Å². The van der Waals surface area contributed by atoms with Gasteiger partial charge in [-0.1, -0.05) is 19.1 Å². The highest BCUT2D eigenvalue weighted by Crippen LogP contribution is 2.26. The van der Waals surface area contributed by atoms with Gasteiger partial charge in [0.25, 0.3) is 0 Å². The molecule has 1 aromatic rings. The Balaban J connectivity index is 2.03. The molecule has 0 bridgehead atoms. The summed E-state index contributed by atoms with van der Waals surface area (Å²) in [5, 5.41) is 3.22. The number of rotatable bonds is 4. The van der Waals surface area contributed by atoms with Crippen LogP contribution in [0.3, 0.4) is 0 Å². The van der Waals surface area contributed by atoms with E-state index < -0.39 is 0 Å². The van der Waals surface area contributed by atoms with Crippen LogP contribution in [0.1, 0.15) is 18.1 Å². The third kappa shape index (κ3) is 2.51. The van der Waals surface area contributed by atoms with Crippen LogP contribution in [0.25, 0.3) is 0 Å². The summed E-state index contributed by atoms with van der Waals surface area (Å²) in [4.78, 5) is 0. The highest BCUT2D eigenvalue weighted by molar-refractivity contribution is 5.39. The molecule has 2 heteroatoms. The van der Waals surface area contributed by atoms with Gasteiger partial charge in [-0.3, -0.25) is 0 Å². The van der Waals surface area contributed by atoms with Crippen LogP contribution in [-0.4, -0.2) is 20.2 Å². The van der Waals surface area contributed by atoms with Gasteiger partial charge in [-0.25, -0.2) is 0 Å². The normalized spacial score (nSPS) is 15.9. The van der Waals surface area contributed by atoms with Crippen molar-refractivity contribution in [2.24, 2.45) is 5.92 Å². The predicted octanol–water partition coefficient (Wildman–Crippen LogP) is 2.02. The molecular formula is C13H19NO. The summed E-state index contributed by atoms with van der Waals surface area (Å²) in [5.74, 6) is 1.77. The minimum atomic E-state index is 0.690. The van der Waals surface area contributed by atoms with E-state index in [-0.39, 0.29) is 0 Å². The number of hydrogen-bond donors (Lipinski definition) is 1. The van der Waals surface area contributed by atoms with Crippen LogP contribution >= 0.6 is 0 Å². The second-order valence-electron chi connectivity index (χ2n) is 4.41. The predicted molar refractivity (Wildman–Crippen MR) is 62.4 cm³/mol. The number of hydrogen-bond acceptors (Lipinski definition) is 2. The van der Waals surface area contributed by atoms with Crippen molar-refractivity contribution in [2.45, 2.75) is 19.8 Å². The third-order valence-electron chi connectivity index (χ3n) is 2.89. The molecule has 82 valence electrons. The standard InChI is InChI=1S/C13H19NO/c1-10(9-14-2)7-11-3-4-13-12(8-11)5-6-15-13/h3-4,8,10,14H,5-7,9H2,1-2H3. The smallest absolute Gasteiger partial charge is 0.122 e. The highest BCUT2D eigenvalue weighted by atomic mass is 16.5. The molecule has 1 N–H and O–H groups in total. The van der Waals surface area contributed by atoms with Gasteiger partial charge in [0.1, 0.15) is 5.75 Å². The Morgan fingerprint density at radius 1 is 1.47 bits per heavy atom. The van der Waals surface area contributed by atoms with Crippen LogP contribution < -0.4 is 10.1 Å². The first-order chi connectivity index (χ1) is 7.29. The Kier molecular flexibility index (Phi) is 3.27. The second-order valence-corrected chi connectivity index (χ2v) is 4.41. The fourth-order valence-electron chi connectivity index (χ4n) is 2.19. The lowest BCUT2D eigenvalue weighted by Crippen LogP contribution is -2.17. The zero-order chi connectivity index (χ0) is 10.7.